The van der Waals surface area contributed by atoms with E-state index in [4.69, 9.17) is 25.3 Å². The Balaban J connectivity index is 1.74. The quantitative estimate of drug-likeness (QED) is 0.317. The molecule has 0 atom stereocenters. The molecule has 0 fully saturated rings. The highest BCUT2D eigenvalue weighted by Gasteiger charge is 2.47. The lowest BCUT2D eigenvalue weighted by atomic mass is 10.1. The van der Waals surface area contributed by atoms with Crippen molar-refractivity contribution < 1.29 is 71.6 Å². The van der Waals surface area contributed by atoms with Gasteiger partial charge in [0.1, 0.15) is 10.9 Å². The zero-order valence-corrected chi connectivity index (χ0v) is 19.9. The van der Waals surface area contributed by atoms with Crippen molar-refractivity contribution >= 4 is 52.6 Å². The molecule has 18 nitrogen and oxygen atoms in total. The molecule has 0 radical (unpaired) electrons. The smallest absolute Gasteiger partial charge is 0.447 e. The highest BCUT2D eigenvalue weighted by molar-refractivity contribution is 7.83. The molecule has 6 bridgehead atoms. The summed E-state index contributed by atoms with van der Waals surface area (Å²) in [6.07, 6.45) is 0. The third-order valence-electron chi connectivity index (χ3n) is 4.93. The van der Waals surface area contributed by atoms with Gasteiger partial charge >= 0.3 is 41.6 Å². The summed E-state index contributed by atoms with van der Waals surface area (Å²) in [5, 5.41) is -0.912. The van der Waals surface area contributed by atoms with Gasteiger partial charge < -0.3 is 37.9 Å². The molecule has 194 valence electrons. The van der Waals surface area contributed by atoms with Crippen molar-refractivity contribution in [2.24, 2.45) is 0 Å². The maximum atomic E-state index is 13.4. The maximum absolute atomic E-state index is 13.4. The van der Waals surface area contributed by atoms with Gasteiger partial charge in [0.25, 0.3) is 0 Å². The Morgan fingerprint density at radius 3 is 1.62 bits per heavy atom. The minimum absolute atomic E-state index is 0.761. The Hall–Kier alpha value is -4.15. The Bertz CT molecular complexity index is 2160. The van der Waals surface area contributed by atoms with Crippen LogP contribution in [0.25, 0.3) is 22.3 Å². The van der Waals surface area contributed by atoms with Gasteiger partial charge in [-0.05, 0) is 12.1 Å². The number of hydrogen-bond acceptors (Lipinski definition) is 18. The second-order valence-electron chi connectivity index (χ2n) is 7.18. The van der Waals surface area contributed by atoms with Crippen molar-refractivity contribution in [1.29, 1.82) is 0 Å². The SMILES string of the molecule is O=c1c2c3oc4c(c5c(c(c14)OS(=O)(=O)O2)OS(=O)(=O)O5)OS(=O)(=O)Oc1c2ccc(c1-3)OS(=O)(=O)O2. The van der Waals surface area contributed by atoms with Gasteiger partial charge in [0.15, 0.2) is 22.8 Å². The van der Waals surface area contributed by atoms with Crippen molar-refractivity contribution in [3.05, 3.63) is 22.4 Å². The second kappa shape index (κ2) is 6.21. The summed E-state index contributed by atoms with van der Waals surface area (Å²) in [5.74, 6) is -9.16. The summed E-state index contributed by atoms with van der Waals surface area (Å²) in [5.41, 5.74) is -3.10. The number of hydrogen-bond donors (Lipinski definition) is 0. The molecule has 37 heavy (non-hydrogen) atoms. The van der Waals surface area contributed by atoms with E-state index in [0.717, 1.165) is 12.1 Å². The highest BCUT2D eigenvalue weighted by atomic mass is 32.3. The average Bonchev–Trinajstić information content (AvgIpc) is 2.91. The normalized spacial score (nSPS) is 21.3. The summed E-state index contributed by atoms with van der Waals surface area (Å²) in [6, 6.07) is 1.83. The van der Waals surface area contributed by atoms with Crippen LogP contribution in [-0.4, -0.2) is 33.7 Å². The summed E-state index contributed by atoms with van der Waals surface area (Å²) in [6.45, 7) is 0. The van der Waals surface area contributed by atoms with Gasteiger partial charge in [-0.2, -0.15) is 0 Å². The summed E-state index contributed by atoms with van der Waals surface area (Å²) >= 11 is 0. The Labute approximate surface area is 203 Å². The van der Waals surface area contributed by atoms with E-state index >= 15 is 0 Å². The number of benzene rings is 2. The molecular formula is C15H2O18S4. The van der Waals surface area contributed by atoms with E-state index in [2.05, 4.69) is 12.5 Å². The first-order chi connectivity index (χ1) is 17.1. The minimum atomic E-state index is -5.36. The van der Waals surface area contributed by atoms with Gasteiger partial charge in [-0.25, -0.2) is 0 Å². The molecule has 0 saturated heterocycles. The molecule has 5 aliphatic heterocycles. The van der Waals surface area contributed by atoms with Crippen LogP contribution >= 0.6 is 0 Å². The standard InChI is InChI=1S/C15H2O18S4/c16-7-6-10-13-15-14(32-37(23,24)33-15)11(6)29-36(21,22)30-12(7)9(25-10)5-3-1-2-4(27-34(17,18)26-3)8(5)28-35(19,20)31-13/h1-2H. The van der Waals surface area contributed by atoms with E-state index in [1.807, 2.05) is 0 Å². The van der Waals surface area contributed by atoms with Crippen molar-refractivity contribution in [1.82, 2.24) is 0 Å². The van der Waals surface area contributed by atoms with Crippen molar-refractivity contribution in [2.45, 2.75) is 0 Å². The zero-order valence-electron chi connectivity index (χ0n) is 16.6. The fourth-order valence-electron chi connectivity index (χ4n) is 3.73. The van der Waals surface area contributed by atoms with Crippen LogP contribution in [0.2, 0.25) is 0 Å². The fourth-order valence-corrected chi connectivity index (χ4v) is 6.73. The van der Waals surface area contributed by atoms with Gasteiger partial charge in [-0.3, -0.25) is 4.79 Å². The lowest BCUT2D eigenvalue weighted by molar-refractivity contribution is 0.373. The topological polar surface area (TPSA) is 241 Å². The van der Waals surface area contributed by atoms with Crippen LogP contribution in [0.3, 0.4) is 0 Å². The monoisotopic (exact) mass is 598 g/mol. The molecule has 3 aromatic rings. The molecule has 0 aliphatic carbocycles. The lowest BCUT2D eigenvalue weighted by Crippen LogP contribution is -2.18. The van der Waals surface area contributed by atoms with E-state index in [9.17, 15) is 38.5 Å². The predicted octanol–water partition coefficient (Wildman–Crippen LogP) is -0.476. The maximum Gasteiger partial charge on any atom is 0.501 e. The van der Waals surface area contributed by atoms with E-state index in [0.29, 0.717) is 0 Å². The van der Waals surface area contributed by atoms with Crippen LogP contribution in [0.4, 0.5) is 0 Å². The van der Waals surface area contributed by atoms with E-state index in [-0.39, 0.29) is 0 Å². The number of fused-ring (bicyclic) bond motifs is 9. The Kier molecular flexibility index (Phi) is 3.71. The Morgan fingerprint density at radius 2 is 0.946 bits per heavy atom. The van der Waals surface area contributed by atoms with Crippen molar-refractivity contribution in [3.63, 3.8) is 0 Å². The molecule has 0 N–H and O–H groups in total. The summed E-state index contributed by atoms with van der Waals surface area (Å²) < 4.78 is 142. The van der Waals surface area contributed by atoms with E-state index in [1.165, 1.54) is 0 Å². The molecule has 1 aromatic heterocycles. The highest BCUT2D eigenvalue weighted by Crippen LogP contribution is 2.59. The van der Waals surface area contributed by atoms with E-state index in [1.54, 1.807) is 0 Å². The van der Waals surface area contributed by atoms with Crippen molar-refractivity contribution in [2.75, 3.05) is 0 Å². The van der Waals surface area contributed by atoms with Crippen LogP contribution in [0, 0.1) is 0 Å². The van der Waals surface area contributed by atoms with Gasteiger partial charge in [0, 0.05) is 0 Å². The number of rotatable bonds is 0. The summed E-state index contributed by atoms with van der Waals surface area (Å²) in [7, 11) is -20.5. The van der Waals surface area contributed by atoms with Crippen LogP contribution in [0.1, 0.15) is 0 Å². The first-order valence-corrected chi connectivity index (χ1v) is 14.4. The first-order valence-electron chi connectivity index (χ1n) is 9.07. The van der Waals surface area contributed by atoms with Crippen LogP contribution in [0.5, 0.6) is 46.0 Å². The molecule has 2 aromatic carbocycles. The molecule has 0 spiro atoms. The molecule has 22 heteroatoms. The van der Waals surface area contributed by atoms with Gasteiger partial charge in [-0.1, -0.05) is 0 Å². The third kappa shape index (κ3) is 3.03. The van der Waals surface area contributed by atoms with Gasteiger partial charge in [0.2, 0.25) is 39.9 Å². The molecule has 6 heterocycles. The van der Waals surface area contributed by atoms with Crippen LogP contribution < -0.4 is 38.9 Å². The third-order valence-corrected chi connectivity index (χ3v) is 7.92. The predicted molar refractivity (Wildman–Crippen MR) is 109 cm³/mol. The lowest BCUT2D eigenvalue weighted by Gasteiger charge is -2.12. The molecule has 8 rings (SSSR count). The first kappa shape index (κ1) is 22.1. The molecule has 5 aliphatic rings. The second-order valence-corrected chi connectivity index (χ2v) is 11.8. The largest absolute Gasteiger partial charge is 0.501 e. The average molecular weight is 598 g/mol. The zero-order chi connectivity index (χ0) is 26.3. The van der Waals surface area contributed by atoms with Crippen molar-refractivity contribution in [3.8, 4) is 57.3 Å². The van der Waals surface area contributed by atoms with Gasteiger partial charge in [-0.15, -0.1) is 33.7 Å². The molecule has 0 saturated carbocycles. The van der Waals surface area contributed by atoms with Crippen LogP contribution in [-0.2, 0) is 41.6 Å². The fraction of sp³-hybridized carbons (Fsp3) is 0. The van der Waals surface area contributed by atoms with Crippen LogP contribution in [0.15, 0.2) is 21.3 Å². The molecular weight excluding hydrogens is 596 g/mol. The molecule has 0 unspecified atom stereocenters. The Morgan fingerprint density at radius 1 is 0.486 bits per heavy atom. The minimum Gasteiger partial charge on any atom is -0.447 e. The van der Waals surface area contributed by atoms with E-state index < -0.39 is 115 Å². The molecule has 0 amide bonds. The summed E-state index contributed by atoms with van der Waals surface area (Å²) in [4.78, 5) is 13.4. The van der Waals surface area contributed by atoms with Gasteiger partial charge in [0.05, 0.1) is 0 Å².